The van der Waals surface area contributed by atoms with Crippen molar-refractivity contribution in [3.8, 4) is 0 Å². The highest BCUT2D eigenvalue weighted by Gasteiger charge is 2.52. The van der Waals surface area contributed by atoms with Gasteiger partial charge in [0.05, 0.1) is 42.5 Å². The fourth-order valence-electron chi connectivity index (χ4n) is 8.74. The molecule has 2 aliphatic heterocycles. The van der Waals surface area contributed by atoms with Crippen molar-refractivity contribution in [2.75, 3.05) is 21.2 Å². The van der Waals surface area contributed by atoms with Gasteiger partial charge >= 0.3 is 11.9 Å². The summed E-state index contributed by atoms with van der Waals surface area (Å²) in [6, 6.07) is 5.99. The van der Waals surface area contributed by atoms with Gasteiger partial charge in [-0.2, -0.15) is 10.2 Å². The van der Waals surface area contributed by atoms with E-state index < -0.39 is 125 Å². The average Bonchev–Trinajstić information content (AvgIpc) is 3.21. The van der Waals surface area contributed by atoms with Crippen LogP contribution in [0.25, 0.3) is 0 Å². The Bertz CT molecular complexity index is 1900. The molecule has 0 aliphatic carbocycles. The number of halogens is 4. The molecule has 0 saturated carbocycles. The van der Waals surface area contributed by atoms with Crippen molar-refractivity contribution in [3.63, 3.8) is 0 Å². The minimum absolute atomic E-state index is 0.0328. The predicted octanol–water partition coefficient (Wildman–Crippen LogP) is 5.77. The van der Waals surface area contributed by atoms with Crippen LogP contribution in [0.1, 0.15) is 85.8 Å². The minimum atomic E-state index is -2.08. The van der Waals surface area contributed by atoms with Crippen LogP contribution in [-0.2, 0) is 39.7 Å². The predicted molar refractivity (Wildman–Crippen MR) is 222 cm³/mol. The minimum Gasteiger partial charge on any atom is -0.461 e. The van der Waals surface area contributed by atoms with E-state index >= 15 is 0 Å². The van der Waals surface area contributed by atoms with Gasteiger partial charge in [0.1, 0.15) is 35.5 Å². The largest absolute Gasteiger partial charge is 0.461 e. The number of esters is 2. The molecule has 2 aliphatic rings. The smallest absolute Gasteiger partial charge is 0.312 e. The third-order valence-corrected chi connectivity index (χ3v) is 12.5. The maximum atomic E-state index is 14.8. The monoisotopic (exact) mass is 881 g/mol. The number of ether oxygens (including phenoxy) is 5. The Kier molecular flexibility index (Phi) is 17.4. The zero-order valence-corrected chi connectivity index (χ0v) is 37.4. The summed E-state index contributed by atoms with van der Waals surface area (Å²) >= 11 is 0. The molecule has 2 heterocycles. The molecular weight excluding hydrogens is 818 g/mol. The Hall–Kier alpha value is -3.84. The van der Waals surface area contributed by atoms with Crippen molar-refractivity contribution in [3.05, 3.63) is 70.8 Å². The summed E-state index contributed by atoms with van der Waals surface area (Å²) in [5, 5.41) is 44.4. The lowest BCUT2D eigenvalue weighted by Crippen LogP contribution is -2.60. The summed E-state index contributed by atoms with van der Waals surface area (Å²) in [6.07, 6.45) is -7.33. The molecule has 2 fully saturated rings. The number of nitrogens with zero attached hydrogens (tertiary/aromatic N) is 3. The average molecular weight is 882 g/mol. The van der Waals surface area contributed by atoms with E-state index in [1.165, 1.54) is 51.4 Å². The third-order valence-electron chi connectivity index (χ3n) is 12.5. The molecule has 2 saturated heterocycles. The lowest BCUT2D eigenvalue weighted by atomic mass is 9.73. The van der Waals surface area contributed by atoms with Gasteiger partial charge in [-0.15, -0.1) is 0 Å². The van der Waals surface area contributed by atoms with Gasteiger partial charge in [-0.3, -0.25) is 9.59 Å². The van der Waals surface area contributed by atoms with E-state index in [0.29, 0.717) is 29.8 Å². The highest BCUT2D eigenvalue weighted by molar-refractivity contribution is 5.90. The number of rotatable bonds is 10. The van der Waals surface area contributed by atoms with Crippen LogP contribution in [0.4, 0.5) is 17.6 Å². The Morgan fingerprint density at radius 2 is 1.61 bits per heavy atom. The Balaban J connectivity index is 1.91. The second-order valence-electron chi connectivity index (χ2n) is 17.5. The summed E-state index contributed by atoms with van der Waals surface area (Å²) < 4.78 is 87.7. The molecule has 4 rings (SSSR count). The zero-order chi connectivity index (χ0) is 46.4. The second kappa shape index (κ2) is 21.2. The molecule has 0 aromatic heterocycles. The fraction of sp³-hybridized carbons (Fsp3) is 0.644. The van der Waals surface area contributed by atoms with Gasteiger partial charge in [-0.05, 0) is 90.7 Å². The van der Waals surface area contributed by atoms with Crippen molar-refractivity contribution < 1.29 is 66.2 Å². The molecule has 17 heteroatoms. The Morgan fingerprint density at radius 3 is 2.21 bits per heavy atom. The lowest BCUT2D eigenvalue weighted by molar-refractivity contribution is -0.301. The van der Waals surface area contributed by atoms with E-state index in [-0.39, 0.29) is 18.9 Å². The standard InChI is InChI=1S/C45H63F4N3O10/c1-12-35-45(8,57)40(55)25(4)37(51-50-22-28-13-15-30(46)16-14-28)23(2)21-44(7,58-11)41(62-43-38(54)34(52(9)10)17-24(3)59-43)26(5)39(27(6)42(56)60-35)61-36(53)19-29-18-32(48)33(49)20-31(29)47/h13-16,18,20,22-27,34-35,38-41,43,54-55,57H,12,17,19,21H2,1-11H3/b50-22+,51-37+/t23-,24?,25+,26+,27-,34?,35-,38?,39+,40-,41-,43?,44-,45-/m1/s1. The fourth-order valence-corrected chi connectivity index (χ4v) is 8.74. The van der Waals surface area contributed by atoms with Gasteiger partial charge in [0, 0.05) is 42.3 Å². The van der Waals surface area contributed by atoms with Crippen LogP contribution >= 0.6 is 0 Å². The molecule has 14 atom stereocenters. The quantitative estimate of drug-likeness (QED) is 0.0872. The van der Waals surface area contributed by atoms with Crippen LogP contribution < -0.4 is 0 Å². The zero-order valence-electron chi connectivity index (χ0n) is 37.4. The number of likely N-dealkylation sites (N-methyl/N-ethyl adjacent to an activating group) is 1. The number of carbonyl (C=O) groups excluding carboxylic acids is 2. The number of cyclic esters (lactones) is 1. The van der Waals surface area contributed by atoms with Crippen molar-refractivity contribution in [1.82, 2.24) is 4.90 Å². The van der Waals surface area contributed by atoms with Gasteiger partial charge in [0.15, 0.2) is 17.9 Å². The summed E-state index contributed by atoms with van der Waals surface area (Å²) in [4.78, 5) is 29.8. The highest BCUT2D eigenvalue weighted by atomic mass is 19.2. The van der Waals surface area contributed by atoms with Crippen LogP contribution in [0.5, 0.6) is 0 Å². The van der Waals surface area contributed by atoms with E-state index in [4.69, 9.17) is 23.7 Å². The van der Waals surface area contributed by atoms with Gasteiger partial charge in [-0.25, -0.2) is 17.6 Å². The number of hydrogen-bond donors (Lipinski definition) is 3. The first kappa shape index (κ1) is 50.8. The Morgan fingerprint density at radius 1 is 0.984 bits per heavy atom. The summed E-state index contributed by atoms with van der Waals surface area (Å²) in [5.74, 6) is -10.4. The molecule has 0 spiro atoms. The van der Waals surface area contributed by atoms with Crippen LogP contribution in [0.2, 0.25) is 0 Å². The number of aliphatic hydroxyl groups excluding tert-OH is 2. The van der Waals surface area contributed by atoms with Crippen LogP contribution in [-0.4, -0.2) is 125 Å². The number of carbonyl (C=O) groups is 2. The molecule has 4 unspecified atom stereocenters. The molecule has 346 valence electrons. The lowest BCUT2D eigenvalue weighted by Gasteiger charge is -2.48. The first-order chi connectivity index (χ1) is 28.9. The molecule has 62 heavy (non-hydrogen) atoms. The summed E-state index contributed by atoms with van der Waals surface area (Å²) in [5.41, 5.74) is -3.18. The molecule has 0 bridgehead atoms. The number of benzene rings is 2. The SMILES string of the molecule is CC[C@H]1OC(=O)[C@H](C)[C@@H](OC(=O)Cc2cc(F)c(F)cc2F)[C@H](C)[C@@H](OC2OC(C)CC(N(C)C)C2O)[C@](C)(OC)C[C@@H](C)/C(=N\N=C\c2ccc(F)cc2)[C@H](C)[C@@H](O)[C@]1(C)O. The van der Waals surface area contributed by atoms with E-state index in [1.807, 2.05) is 25.9 Å². The van der Waals surface area contributed by atoms with Crippen molar-refractivity contribution in [2.24, 2.45) is 33.9 Å². The molecule has 2 aromatic rings. The first-order valence-corrected chi connectivity index (χ1v) is 21.0. The second-order valence-corrected chi connectivity index (χ2v) is 17.5. The topological polar surface area (TPSA) is 169 Å². The normalized spacial score (nSPS) is 36.1. The van der Waals surface area contributed by atoms with E-state index in [9.17, 15) is 42.5 Å². The van der Waals surface area contributed by atoms with Crippen molar-refractivity contribution in [2.45, 2.75) is 141 Å². The Labute approximate surface area is 361 Å². The summed E-state index contributed by atoms with van der Waals surface area (Å²) in [7, 11) is 5.04. The van der Waals surface area contributed by atoms with Gasteiger partial charge in [0.2, 0.25) is 0 Å². The molecule has 2 aromatic carbocycles. The molecule has 0 radical (unpaired) electrons. The van der Waals surface area contributed by atoms with Crippen LogP contribution in [0, 0.1) is 46.9 Å². The van der Waals surface area contributed by atoms with Gasteiger partial charge in [-0.1, -0.05) is 39.8 Å². The molecular formula is C45H63F4N3O10. The number of aliphatic hydroxyl groups is 3. The first-order valence-electron chi connectivity index (χ1n) is 21.0. The van der Waals surface area contributed by atoms with E-state index in [2.05, 4.69) is 10.2 Å². The molecule has 13 nitrogen and oxygen atoms in total. The van der Waals surface area contributed by atoms with Crippen molar-refractivity contribution >= 4 is 23.9 Å². The van der Waals surface area contributed by atoms with Gasteiger partial charge < -0.3 is 43.9 Å². The van der Waals surface area contributed by atoms with E-state index in [0.717, 1.165) is 0 Å². The number of methoxy groups -OCH3 is 1. The maximum Gasteiger partial charge on any atom is 0.312 e. The van der Waals surface area contributed by atoms with Gasteiger partial charge in [0.25, 0.3) is 0 Å². The van der Waals surface area contributed by atoms with Crippen molar-refractivity contribution in [1.29, 1.82) is 0 Å². The van der Waals surface area contributed by atoms with Crippen LogP contribution in [0.15, 0.2) is 46.6 Å². The summed E-state index contributed by atoms with van der Waals surface area (Å²) in [6.45, 7) is 13.0. The molecule has 0 amide bonds. The van der Waals surface area contributed by atoms with Crippen LogP contribution in [0.3, 0.4) is 0 Å². The number of hydrogen-bond acceptors (Lipinski definition) is 13. The molecule has 3 N–H and O–H groups in total. The van der Waals surface area contributed by atoms with E-state index in [1.54, 1.807) is 34.6 Å². The highest BCUT2D eigenvalue weighted by Crippen LogP contribution is 2.40. The maximum absolute atomic E-state index is 14.8. The third kappa shape index (κ3) is 11.8.